The van der Waals surface area contributed by atoms with E-state index in [4.69, 9.17) is 10.5 Å². The molecule has 0 saturated heterocycles. The first-order valence-electron chi connectivity index (χ1n) is 6.40. The van der Waals surface area contributed by atoms with Crippen molar-refractivity contribution >= 4 is 17.3 Å². The molecule has 4 nitrogen and oxygen atoms in total. The molecule has 0 aliphatic rings. The molecule has 0 unspecified atom stereocenters. The zero-order valence-electron chi connectivity index (χ0n) is 11.6. The Balaban J connectivity index is 1.90. The zero-order valence-corrected chi connectivity index (χ0v) is 11.6. The number of anilines is 2. The molecule has 1 amide bonds. The predicted molar refractivity (Wildman–Crippen MR) is 80.9 cm³/mol. The molecule has 20 heavy (non-hydrogen) atoms. The van der Waals surface area contributed by atoms with Gasteiger partial charge >= 0.3 is 0 Å². The number of carbonyl (C=O) groups excluding carboxylic acids is 1. The third kappa shape index (κ3) is 3.75. The van der Waals surface area contributed by atoms with Gasteiger partial charge in [0.1, 0.15) is 5.75 Å². The highest BCUT2D eigenvalue weighted by Gasteiger charge is 2.05. The first-order chi connectivity index (χ1) is 9.54. The number of hydrogen-bond acceptors (Lipinski definition) is 3. The van der Waals surface area contributed by atoms with Gasteiger partial charge in [-0.2, -0.15) is 0 Å². The summed E-state index contributed by atoms with van der Waals surface area (Å²) in [4.78, 5) is 11.8. The second-order valence-electron chi connectivity index (χ2n) is 4.73. The van der Waals surface area contributed by atoms with Crippen molar-refractivity contribution < 1.29 is 9.53 Å². The van der Waals surface area contributed by atoms with Crippen molar-refractivity contribution in [2.24, 2.45) is 0 Å². The van der Waals surface area contributed by atoms with E-state index in [0.29, 0.717) is 11.4 Å². The van der Waals surface area contributed by atoms with Crippen LogP contribution in [0, 0.1) is 13.8 Å². The minimum atomic E-state index is -0.199. The molecule has 0 heterocycles. The third-order valence-corrected chi connectivity index (χ3v) is 2.88. The maximum absolute atomic E-state index is 11.8. The molecule has 104 valence electrons. The van der Waals surface area contributed by atoms with Crippen molar-refractivity contribution in [2.45, 2.75) is 13.8 Å². The number of aryl methyl sites for hydroxylation is 2. The quantitative estimate of drug-likeness (QED) is 0.840. The summed E-state index contributed by atoms with van der Waals surface area (Å²) in [6.07, 6.45) is 0. The molecule has 2 aromatic rings. The van der Waals surface area contributed by atoms with Crippen molar-refractivity contribution in [3.8, 4) is 5.75 Å². The minimum Gasteiger partial charge on any atom is -0.483 e. The maximum Gasteiger partial charge on any atom is 0.262 e. The van der Waals surface area contributed by atoms with Crippen LogP contribution in [0.2, 0.25) is 0 Å². The summed E-state index contributed by atoms with van der Waals surface area (Å²) in [5.74, 6) is 0.526. The highest BCUT2D eigenvalue weighted by atomic mass is 16.5. The Bertz CT molecular complexity index is 606. The van der Waals surface area contributed by atoms with Crippen LogP contribution in [0.3, 0.4) is 0 Å². The van der Waals surface area contributed by atoms with Crippen LogP contribution in [0.1, 0.15) is 11.1 Å². The van der Waals surface area contributed by atoms with E-state index >= 15 is 0 Å². The first-order valence-corrected chi connectivity index (χ1v) is 6.40. The SMILES string of the molecule is Cc1ccc(OCC(=O)Nc2ccc(N)cc2)c(C)c1. The van der Waals surface area contributed by atoms with Crippen LogP contribution >= 0.6 is 0 Å². The van der Waals surface area contributed by atoms with E-state index < -0.39 is 0 Å². The normalized spacial score (nSPS) is 10.1. The molecule has 0 saturated carbocycles. The number of nitrogen functional groups attached to an aromatic ring is 1. The van der Waals surface area contributed by atoms with Gasteiger partial charge in [-0.05, 0) is 49.7 Å². The number of amides is 1. The van der Waals surface area contributed by atoms with Crippen molar-refractivity contribution in [2.75, 3.05) is 17.7 Å². The van der Waals surface area contributed by atoms with Gasteiger partial charge in [0.2, 0.25) is 0 Å². The Hall–Kier alpha value is -2.49. The summed E-state index contributed by atoms with van der Waals surface area (Å²) in [6.45, 7) is 3.96. The van der Waals surface area contributed by atoms with Gasteiger partial charge in [0.25, 0.3) is 5.91 Å². The second kappa shape index (κ2) is 6.10. The molecule has 0 radical (unpaired) electrons. The summed E-state index contributed by atoms with van der Waals surface area (Å²) in [7, 11) is 0. The molecule has 3 N–H and O–H groups in total. The molecule has 0 aliphatic carbocycles. The van der Waals surface area contributed by atoms with Gasteiger partial charge in [0.05, 0.1) is 0 Å². The fraction of sp³-hybridized carbons (Fsp3) is 0.188. The minimum absolute atomic E-state index is 0.0196. The van der Waals surface area contributed by atoms with E-state index in [1.807, 2.05) is 32.0 Å². The molecule has 0 aromatic heterocycles. The Kier molecular flexibility index (Phi) is 4.25. The fourth-order valence-corrected chi connectivity index (χ4v) is 1.87. The van der Waals surface area contributed by atoms with E-state index in [1.54, 1.807) is 24.3 Å². The van der Waals surface area contributed by atoms with E-state index in [2.05, 4.69) is 5.32 Å². The van der Waals surface area contributed by atoms with E-state index in [1.165, 1.54) is 5.56 Å². The Morgan fingerprint density at radius 2 is 1.85 bits per heavy atom. The average molecular weight is 270 g/mol. The number of hydrogen-bond donors (Lipinski definition) is 2. The van der Waals surface area contributed by atoms with Crippen LogP contribution in [0.4, 0.5) is 11.4 Å². The predicted octanol–water partition coefficient (Wildman–Crippen LogP) is 2.90. The lowest BCUT2D eigenvalue weighted by atomic mass is 10.1. The Labute approximate surface area is 118 Å². The van der Waals surface area contributed by atoms with Crippen molar-refractivity contribution in [3.05, 3.63) is 53.6 Å². The standard InChI is InChI=1S/C16H18N2O2/c1-11-3-8-15(12(2)9-11)20-10-16(19)18-14-6-4-13(17)5-7-14/h3-9H,10,17H2,1-2H3,(H,18,19). The second-order valence-corrected chi connectivity index (χ2v) is 4.73. The van der Waals surface area contributed by atoms with Crippen molar-refractivity contribution in [1.29, 1.82) is 0 Å². The molecule has 2 aromatic carbocycles. The molecule has 0 fully saturated rings. The summed E-state index contributed by atoms with van der Waals surface area (Å²) < 4.78 is 5.51. The topological polar surface area (TPSA) is 64.3 Å². The van der Waals surface area contributed by atoms with Crippen LogP contribution in [0.5, 0.6) is 5.75 Å². The van der Waals surface area contributed by atoms with E-state index in [9.17, 15) is 4.79 Å². The average Bonchev–Trinajstić information content (AvgIpc) is 2.40. The molecule has 0 bridgehead atoms. The van der Waals surface area contributed by atoms with E-state index in [0.717, 1.165) is 11.3 Å². The maximum atomic E-state index is 11.8. The van der Waals surface area contributed by atoms with Gasteiger partial charge in [-0.1, -0.05) is 17.7 Å². The number of ether oxygens (including phenoxy) is 1. The monoisotopic (exact) mass is 270 g/mol. The Morgan fingerprint density at radius 1 is 1.15 bits per heavy atom. The van der Waals surface area contributed by atoms with Gasteiger partial charge < -0.3 is 15.8 Å². The van der Waals surface area contributed by atoms with Crippen LogP contribution in [-0.4, -0.2) is 12.5 Å². The third-order valence-electron chi connectivity index (χ3n) is 2.88. The number of carbonyl (C=O) groups is 1. The summed E-state index contributed by atoms with van der Waals surface area (Å²) >= 11 is 0. The van der Waals surface area contributed by atoms with Crippen LogP contribution in [0.15, 0.2) is 42.5 Å². The van der Waals surface area contributed by atoms with Gasteiger partial charge in [0.15, 0.2) is 6.61 Å². The first kappa shape index (κ1) is 13.9. The fourth-order valence-electron chi connectivity index (χ4n) is 1.87. The van der Waals surface area contributed by atoms with Gasteiger partial charge in [-0.25, -0.2) is 0 Å². The van der Waals surface area contributed by atoms with E-state index in [-0.39, 0.29) is 12.5 Å². The summed E-state index contributed by atoms with van der Waals surface area (Å²) in [5, 5.41) is 2.75. The molecular weight excluding hydrogens is 252 g/mol. The molecule has 2 rings (SSSR count). The van der Waals surface area contributed by atoms with Crippen LogP contribution in [0.25, 0.3) is 0 Å². The lowest BCUT2D eigenvalue weighted by Crippen LogP contribution is -2.20. The van der Waals surface area contributed by atoms with Gasteiger partial charge in [0, 0.05) is 11.4 Å². The van der Waals surface area contributed by atoms with Crippen LogP contribution in [-0.2, 0) is 4.79 Å². The molecule has 0 spiro atoms. The lowest BCUT2D eigenvalue weighted by molar-refractivity contribution is -0.118. The Morgan fingerprint density at radius 3 is 2.50 bits per heavy atom. The van der Waals surface area contributed by atoms with Crippen molar-refractivity contribution in [1.82, 2.24) is 0 Å². The number of nitrogens with one attached hydrogen (secondary N) is 1. The molecule has 0 aliphatic heterocycles. The zero-order chi connectivity index (χ0) is 14.5. The smallest absolute Gasteiger partial charge is 0.262 e. The largest absolute Gasteiger partial charge is 0.483 e. The summed E-state index contributed by atoms with van der Waals surface area (Å²) in [6, 6.07) is 12.8. The lowest BCUT2D eigenvalue weighted by Gasteiger charge is -2.10. The van der Waals surface area contributed by atoms with Crippen molar-refractivity contribution in [3.63, 3.8) is 0 Å². The highest BCUT2D eigenvalue weighted by molar-refractivity contribution is 5.92. The van der Waals surface area contributed by atoms with Gasteiger partial charge in [-0.15, -0.1) is 0 Å². The molecule has 4 heteroatoms. The number of rotatable bonds is 4. The highest BCUT2D eigenvalue weighted by Crippen LogP contribution is 2.18. The number of nitrogens with two attached hydrogens (primary N) is 1. The van der Waals surface area contributed by atoms with Gasteiger partial charge in [-0.3, -0.25) is 4.79 Å². The molecule has 0 atom stereocenters. The number of benzene rings is 2. The summed E-state index contributed by atoms with van der Waals surface area (Å²) in [5.41, 5.74) is 9.13. The van der Waals surface area contributed by atoms with Crippen LogP contribution < -0.4 is 15.8 Å². The molecular formula is C16H18N2O2.